The van der Waals surface area contributed by atoms with Crippen molar-refractivity contribution in [1.82, 2.24) is 10.6 Å². The Morgan fingerprint density at radius 1 is 1.53 bits per heavy atom. The van der Waals surface area contributed by atoms with E-state index in [0.717, 1.165) is 30.7 Å². The highest BCUT2D eigenvalue weighted by atomic mass is 16.5. The molecule has 0 radical (unpaired) electrons. The summed E-state index contributed by atoms with van der Waals surface area (Å²) in [7, 11) is 0. The van der Waals surface area contributed by atoms with Gasteiger partial charge in [-0.05, 0) is 44.9 Å². The largest absolute Gasteiger partial charge is 0.489 e. The molecule has 104 valence electrons. The molecule has 2 rings (SSSR count). The predicted molar refractivity (Wildman–Crippen MR) is 75.3 cm³/mol. The number of carbonyl (C=O) groups is 1. The van der Waals surface area contributed by atoms with Gasteiger partial charge in [0.15, 0.2) is 0 Å². The highest BCUT2D eigenvalue weighted by Gasteiger charge is 2.22. The van der Waals surface area contributed by atoms with Crippen molar-refractivity contribution in [2.45, 2.75) is 38.8 Å². The van der Waals surface area contributed by atoms with E-state index in [-0.39, 0.29) is 18.1 Å². The second kappa shape index (κ2) is 6.57. The van der Waals surface area contributed by atoms with E-state index < -0.39 is 0 Å². The molecule has 4 nitrogen and oxygen atoms in total. The fourth-order valence-electron chi connectivity index (χ4n) is 2.22. The number of carbonyl (C=O) groups excluding carboxylic acids is 1. The highest BCUT2D eigenvalue weighted by Crippen LogP contribution is 2.17. The molecule has 1 heterocycles. The standard InChI is InChI=1S/C15H22N2O2/c1-11-6-3-4-8-14(11)19-12(2)10-17-15(18)13-7-5-9-16-13/h3-4,6,8,12-13,16H,5,7,9-10H2,1-2H3,(H,17,18). The average molecular weight is 262 g/mol. The van der Waals surface area contributed by atoms with Crippen LogP contribution in [0.2, 0.25) is 0 Å². The molecule has 0 aliphatic carbocycles. The van der Waals surface area contributed by atoms with Crippen LogP contribution in [0.3, 0.4) is 0 Å². The van der Waals surface area contributed by atoms with Gasteiger partial charge in [-0.25, -0.2) is 0 Å². The first-order valence-electron chi connectivity index (χ1n) is 6.90. The van der Waals surface area contributed by atoms with Gasteiger partial charge >= 0.3 is 0 Å². The second-order valence-electron chi connectivity index (χ2n) is 5.09. The minimum atomic E-state index is -0.0357. The minimum Gasteiger partial charge on any atom is -0.489 e. The molecule has 0 aromatic heterocycles. The van der Waals surface area contributed by atoms with E-state index in [2.05, 4.69) is 10.6 Å². The summed E-state index contributed by atoms with van der Waals surface area (Å²) in [4.78, 5) is 11.8. The molecule has 1 fully saturated rings. The van der Waals surface area contributed by atoms with Crippen LogP contribution in [0.4, 0.5) is 0 Å². The number of amides is 1. The molecule has 1 amide bonds. The van der Waals surface area contributed by atoms with Crippen molar-refractivity contribution in [2.24, 2.45) is 0 Å². The summed E-state index contributed by atoms with van der Waals surface area (Å²) in [5, 5.41) is 6.12. The van der Waals surface area contributed by atoms with E-state index in [1.165, 1.54) is 0 Å². The third kappa shape index (κ3) is 3.96. The molecule has 1 aliphatic rings. The summed E-state index contributed by atoms with van der Waals surface area (Å²) < 4.78 is 5.82. The van der Waals surface area contributed by atoms with Gasteiger partial charge < -0.3 is 15.4 Å². The molecule has 0 spiro atoms. The lowest BCUT2D eigenvalue weighted by Gasteiger charge is -2.18. The topological polar surface area (TPSA) is 50.4 Å². The summed E-state index contributed by atoms with van der Waals surface area (Å²) in [6, 6.07) is 7.89. The Morgan fingerprint density at radius 3 is 3.00 bits per heavy atom. The number of nitrogens with one attached hydrogen (secondary N) is 2. The average Bonchev–Trinajstić information content (AvgIpc) is 2.93. The fraction of sp³-hybridized carbons (Fsp3) is 0.533. The Labute approximate surface area is 114 Å². The van der Waals surface area contributed by atoms with Gasteiger partial charge in [-0.3, -0.25) is 4.79 Å². The van der Waals surface area contributed by atoms with E-state index in [0.29, 0.717) is 6.54 Å². The summed E-state index contributed by atoms with van der Waals surface area (Å²) in [6.07, 6.45) is 1.97. The number of benzene rings is 1. The molecule has 2 unspecified atom stereocenters. The quantitative estimate of drug-likeness (QED) is 0.848. The molecule has 2 atom stereocenters. The molecule has 1 aliphatic heterocycles. The molecular formula is C15H22N2O2. The molecule has 19 heavy (non-hydrogen) atoms. The Morgan fingerprint density at radius 2 is 2.32 bits per heavy atom. The summed E-state index contributed by atoms with van der Waals surface area (Å²) in [5.41, 5.74) is 1.11. The number of hydrogen-bond donors (Lipinski definition) is 2. The molecule has 1 aromatic rings. The normalized spacial score (nSPS) is 20.0. The van der Waals surface area contributed by atoms with Crippen LogP contribution in [0.15, 0.2) is 24.3 Å². The van der Waals surface area contributed by atoms with Gasteiger partial charge in [0, 0.05) is 0 Å². The monoisotopic (exact) mass is 262 g/mol. The zero-order valence-corrected chi connectivity index (χ0v) is 11.6. The maximum absolute atomic E-state index is 11.8. The Kier molecular flexibility index (Phi) is 4.80. The van der Waals surface area contributed by atoms with E-state index in [9.17, 15) is 4.79 Å². The van der Waals surface area contributed by atoms with E-state index in [1.807, 2.05) is 38.1 Å². The van der Waals surface area contributed by atoms with Crippen LogP contribution >= 0.6 is 0 Å². The van der Waals surface area contributed by atoms with Crippen molar-refractivity contribution in [3.8, 4) is 5.75 Å². The molecule has 1 aromatic carbocycles. The maximum atomic E-state index is 11.8. The first-order valence-corrected chi connectivity index (χ1v) is 6.90. The molecular weight excluding hydrogens is 240 g/mol. The summed E-state index contributed by atoms with van der Waals surface area (Å²) >= 11 is 0. The summed E-state index contributed by atoms with van der Waals surface area (Å²) in [6.45, 7) is 5.45. The molecule has 0 bridgehead atoms. The highest BCUT2D eigenvalue weighted by molar-refractivity contribution is 5.82. The van der Waals surface area contributed by atoms with Gasteiger partial charge in [0.05, 0.1) is 12.6 Å². The van der Waals surface area contributed by atoms with Gasteiger partial charge in [-0.1, -0.05) is 18.2 Å². The van der Waals surface area contributed by atoms with Crippen LogP contribution in [0.1, 0.15) is 25.3 Å². The van der Waals surface area contributed by atoms with Crippen LogP contribution in [0.25, 0.3) is 0 Å². The molecule has 2 N–H and O–H groups in total. The van der Waals surface area contributed by atoms with Crippen molar-refractivity contribution in [3.63, 3.8) is 0 Å². The number of rotatable bonds is 5. The zero-order valence-electron chi connectivity index (χ0n) is 11.6. The van der Waals surface area contributed by atoms with Crippen LogP contribution in [0, 0.1) is 6.92 Å². The Balaban J connectivity index is 1.76. The third-order valence-corrected chi connectivity index (χ3v) is 3.36. The lowest BCUT2D eigenvalue weighted by molar-refractivity contribution is -0.123. The van der Waals surface area contributed by atoms with Gasteiger partial charge in [0.25, 0.3) is 0 Å². The predicted octanol–water partition coefficient (Wildman–Crippen LogP) is 1.63. The van der Waals surface area contributed by atoms with Crippen LogP contribution < -0.4 is 15.4 Å². The van der Waals surface area contributed by atoms with Crippen molar-refractivity contribution in [1.29, 1.82) is 0 Å². The SMILES string of the molecule is Cc1ccccc1OC(C)CNC(=O)C1CCCN1. The number of aryl methyl sites for hydroxylation is 1. The molecule has 0 saturated carbocycles. The van der Waals surface area contributed by atoms with E-state index in [4.69, 9.17) is 4.74 Å². The third-order valence-electron chi connectivity index (χ3n) is 3.36. The molecule has 4 heteroatoms. The van der Waals surface area contributed by atoms with E-state index >= 15 is 0 Å². The van der Waals surface area contributed by atoms with Crippen molar-refractivity contribution < 1.29 is 9.53 Å². The number of ether oxygens (including phenoxy) is 1. The lowest BCUT2D eigenvalue weighted by atomic mass is 10.2. The van der Waals surface area contributed by atoms with Gasteiger partial charge in [-0.15, -0.1) is 0 Å². The Hall–Kier alpha value is -1.55. The second-order valence-corrected chi connectivity index (χ2v) is 5.09. The lowest BCUT2D eigenvalue weighted by Crippen LogP contribution is -2.43. The first kappa shape index (κ1) is 13.9. The van der Waals surface area contributed by atoms with Crippen molar-refractivity contribution in [2.75, 3.05) is 13.1 Å². The van der Waals surface area contributed by atoms with Gasteiger partial charge in [0.1, 0.15) is 11.9 Å². The van der Waals surface area contributed by atoms with Crippen LogP contribution in [0.5, 0.6) is 5.75 Å². The summed E-state index contributed by atoms with van der Waals surface area (Å²) in [5.74, 6) is 0.959. The van der Waals surface area contributed by atoms with Gasteiger partial charge in [0.2, 0.25) is 5.91 Å². The number of para-hydroxylation sites is 1. The maximum Gasteiger partial charge on any atom is 0.237 e. The van der Waals surface area contributed by atoms with E-state index in [1.54, 1.807) is 0 Å². The smallest absolute Gasteiger partial charge is 0.237 e. The van der Waals surface area contributed by atoms with Crippen LogP contribution in [-0.4, -0.2) is 31.1 Å². The minimum absolute atomic E-state index is 0.0225. The zero-order chi connectivity index (χ0) is 13.7. The number of hydrogen-bond acceptors (Lipinski definition) is 3. The Bertz CT molecular complexity index is 428. The fourth-order valence-corrected chi connectivity index (χ4v) is 2.22. The van der Waals surface area contributed by atoms with Crippen molar-refractivity contribution >= 4 is 5.91 Å². The molecule has 1 saturated heterocycles. The van der Waals surface area contributed by atoms with Gasteiger partial charge in [-0.2, -0.15) is 0 Å². The first-order chi connectivity index (χ1) is 9.16. The van der Waals surface area contributed by atoms with Crippen molar-refractivity contribution in [3.05, 3.63) is 29.8 Å². The van der Waals surface area contributed by atoms with Crippen LogP contribution in [-0.2, 0) is 4.79 Å².